The van der Waals surface area contributed by atoms with E-state index in [9.17, 15) is 10.2 Å². The van der Waals surface area contributed by atoms with Gasteiger partial charge in [-0.1, -0.05) is 0 Å². The average molecular weight is 415 g/mol. The molecule has 2 radical (unpaired) electrons. The Morgan fingerprint density at radius 2 is 1.85 bits per heavy atom. The summed E-state index contributed by atoms with van der Waals surface area (Å²) in [6, 6.07) is 0. The Kier molecular flexibility index (Phi) is 6.74. The molecule has 3 nitrogen and oxygen atoms in total. The standard InChI is InChI=1S/C19H35BO3P3/c1-9-24(6)12-14(25(7)10-2)26(8)17(3,4)23-19-11-13(19)15(20)18(5,22)16(19)21/h13-16,21-22H,6-12H2,1-5H3/q+3/t13?,14?,15-,16+,18+,19+/m1/s1. The first-order valence-corrected chi connectivity index (χ1v) is 14.7. The van der Waals surface area contributed by atoms with Crippen molar-refractivity contribution in [1.82, 2.24) is 0 Å². The van der Waals surface area contributed by atoms with Gasteiger partial charge in [0.25, 0.3) is 0 Å². The number of fused-ring (bicyclic) bond motifs is 1. The summed E-state index contributed by atoms with van der Waals surface area (Å²) in [7, 11) is 4.83. The third kappa shape index (κ3) is 3.81. The van der Waals surface area contributed by atoms with Crippen molar-refractivity contribution in [2.45, 2.75) is 74.9 Å². The van der Waals surface area contributed by atoms with E-state index in [0.717, 1.165) is 18.5 Å². The van der Waals surface area contributed by atoms with Gasteiger partial charge in [0.15, 0.2) is 13.7 Å². The lowest BCUT2D eigenvalue weighted by molar-refractivity contribution is -0.145. The van der Waals surface area contributed by atoms with Gasteiger partial charge in [0.2, 0.25) is 5.34 Å². The highest BCUT2D eigenvalue weighted by molar-refractivity contribution is 7.75. The van der Waals surface area contributed by atoms with Crippen LogP contribution in [0.15, 0.2) is 0 Å². The van der Waals surface area contributed by atoms with E-state index in [0.29, 0.717) is 11.8 Å². The fraction of sp³-hybridized carbons (Fsp3) is 0.842. The molecule has 2 aliphatic carbocycles. The van der Waals surface area contributed by atoms with Crippen LogP contribution in [0.5, 0.6) is 0 Å². The van der Waals surface area contributed by atoms with Crippen LogP contribution in [0.4, 0.5) is 0 Å². The molecule has 0 spiro atoms. The van der Waals surface area contributed by atoms with Crippen molar-refractivity contribution in [2.24, 2.45) is 5.92 Å². The number of aliphatic hydroxyl groups is 2. The average Bonchev–Trinajstić information content (AvgIpc) is 3.27. The number of rotatable bonds is 9. The fourth-order valence-corrected chi connectivity index (χ4v) is 12.3. The Labute approximate surface area is 163 Å². The van der Waals surface area contributed by atoms with Crippen molar-refractivity contribution in [3.8, 4) is 0 Å². The van der Waals surface area contributed by atoms with Crippen LogP contribution < -0.4 is 0 Å². The molecule has 7 heteroatoms. The maximum absolute atomic E-state index is 10.7. The first kappa shape index (κ1) is 22.7. The fourth-order valence-electron chi connectivity index (χ4n) is 4.15. The van der Waals surface area contributed by atoms with Gasteiger partial charge in [0.1, 0.15) is 31.6 Å². The van der Waals surface area contributed by atoms with Gasteiger partial charge in [0.05, 0.1) is 39.9 Å². The van der Waals surface area contributed by atoms with E-state index in [1.165, 1.54) is 0 Å². The van der Waals surface area contributed by atoms with Crippen LogP contribution in [0.25, 0.3) is 0 Å². The summed E-state index contributed by atoms with van der Waals surface area (Å²) in [5.41, 5.74) is -2.01. The summed E-state index contributed by atoms with van der Waals surface area (Å²) < 4.78 is 6.58. The molecule has 9 atom stereocenters. The van der Waals surface area contributed by atoms with Crippen molar-refractivity contribution in [3.63, 3.8) is 0 Å². The molecule has 0 aromatic heterocycles. The van der Waals surface area contributed by atoms with Gasteiger partial charge in [0, 0.05) is 13.8 Å². The van der Waals surface area contributed by atoms with Gasteiger partial charge in [-0.3, -0.25) is 0 Å². The molecule has 2 N–H and O–H groups in total. The molecule has 2 aliphatic rings. The minimum atomic E-state index is -1.30. The summed E-state index contributed by atoms with van der Waals surface area (Å²) >= 11 is 0. The molecule has 0 aromatic carbocycles. The van der Waals surface area contributed by atoms with Crippen LogP contribution in [0.3, 0.4) is 0 Å². The van der Waals surface area contributed by atoms with Crippen molar-refractivity contribution in [2.75, 3.05) is 18.5 Å². The zero-order valence-corrected chi connectivity index (χ0v) is 19.7. The summed E-state index contributed by atoms with van der Waals surface area (Å²) in [5.74, 6) is -0.435. The Balaban J connectivity index is 2.22. The van der Waals surface area contributed by atoms with Crippen LogP contribution in [-0.4, -0.2) is 83.5 Å². The number of ether oxygens (including phenoxy) is 1. The molecule has 2 fully saturated rings. The highest BCUT2D eigenvalue weighted by Crippen LogP contribution is 2.69. The third-order valence-electron chi connectivity index (χ3n) is 6.32. The van der Waals surface area contributed by atoms with Gasteiger partial charge in [-0.2, -0.15) is 0 Å². The normalized spacial score (nSPS) is 39.2. The summed E-state index contributed by atoms with van der Waals surface area (Å²) in [6.07, 6.45) is 16.4. The lowest BCUT2D eigenvalue weighted by atomic mass is 9.73. The maximum Gasteiger partial charge on any atom is 0.302 e. The van der Waals surface area contributed by atoms with Gasteiger partial charge in [-0.25, -0.2) is 0 Å². The van der Waals surface area contributed by atoms with Gasteiger partial charge in [-0.15, -0.1) is 0 Å². The minimum absolute atomic E-state index is 0.0154. The lowest BCUT2D eigenvalue weighted by Crippen LogP contribution is -2.48. The quantitative estimate of drug-likeness (QED) is 0.446. The Morgan fingerprint density at radius 3 is 2.27 bits per heavy atom. The second-order valence-corrected chi connectivity index (χ2v) is 16.3. The molecular formula is C19H35BO3P3+3. The van der Waals surface area contributed by atoms with Gasteiger partial charge in [-0.05, 0) is 38.9 Å². The van der Waals surface area contributed by atoms with Crippen LogP contribution in [0.2, 0.25) is 5.82 Å². The predicted octanol–water partition coefficient (Wildman–Crippen LogP) is 3.69. The van der Waals surface area contributed by atoms with E-state index in [2.05, 4.69) is 46.6 Å². The summed E-state index contributed by atoms with van der Waals surface area (Å²) in [6.45, 7) is 10.2. The molecule has 5 unspecified atom stereocenters. The lowest BCUT2D eigenvalue weighted by Gasteiger charge is -2.34. The zero-order chi connectivity index (χ0) is 20.1. The number of aliphatic hydroxyl groups excluding tert-OH is 1. The Morgan fingerprint density at radius 1 is 1.27 bits per heavy atom. The van der Waals surface area contributed by atoms with Crippen molar-refractivity contribution in [1.29, 1.82) is 0 Å². The molecule has 26 heavy (non-hydrogen) atoms. The van der Waals surface area contributed by atoms with Crippen LogP contribution in [0.1, 0.15) is 41.0 Å². The summed E-state index contributed by atoms with van der Waals surface area (Å²) in [4.78, 5) is 0. The van der Waals surface area contributed by atoms with Crippen molar-refractivity contribution in [3.05, 3.63) is 0 Å². The highest BCUT2D eigenvalue weighted by Gasteiger charge is 2.76. The van der Waals surface area contributed by atoms with E-state index in [1.54, 1.807) is 6.92 Å². The molecule has 2 rings (SSSR count). The number of hydrogen-bond acceptors (Lipinski definition) is 3. The highest BCUT2D eigenvalue weighted by atomic mass is 31.2. The van der Waals surface area contributed by atoms with E-state index < -0.39 is 36.0 Å². The smallest absolute Gasteiger partial charge is 0.302 e. The third-order valence-corrected chi connectivity index (χ3v) is 14.7. The SMILES string of the molecule is [B][C@@H]1C2C[C@@]2(OC(C)(C)[P+](=C)C(C[P+](=C)CC)[P+](=C)CC)[C@@H](O)[C@@]1(C)O. The van der Waals surface area contributed by atoms with Gasteiger partial charge < -0.3 is 14.9 Å². The minimum Gasteiger partial charge on any atom is -0.388 e. The molecule has 0 aliphatic heterocycles. The summed E-state index contributed by atoms with van der Waals surface area (Å²) in [5, 5.41) is 21.3. The topological polar surface area (TPSA) is 49.7 Å². The van der Waals surface area contributed by atoms with Crippen LogP contribution >= 0.6 is 22.6 Å². The zero-order valence-electron chi connectivity index (χ0n) is 17.0. The van der Waals surface area contributed by atoms with E-state index in [1.807, 2.05) is 0 Å². The number of hydrogen-bond donors (Lipinski definition) is 2. The van der Waals surface area contributed by atoms with E-state index in [4.69, 9.17) is 12.6 Å². The predicted molar refractivity (Wildman–Crippen MR) is 124 cm³/mol. The molecular weight excluding hydrogens is 380 g/mol. The Bertz CT molecular complexity index is 619. The molecule has 0 saturated heterocycles. The first-order valence-electron chi connectivity index (χ1n) is 9.43. The largest absolute Gasteiger partial charge is 0.388 e. The van der Waals surface area contributed by atoms with Crippen LogP contribution in [0, 0.1) is 5.92 Å². The van der Waals surface area contributed by atoms with Crippen molar-refractivity contribution >= 4 is 49.4 Å². The van der Waals surface area contributed by atoms with Gasteiger partial charge >= 0.3 is 5.40 Å². The first-order chi connectivity index (χ1) is 11.8. The van der Waals surface area contributed by atoms with E-state index >= 15 is 0 Å². The Hall–Kier alpha value is 0.455. The van der Waals surface area contributed by atoms with E-state index in [-0.39, 0.29) is 21.0 Å². The maximum atomic E-state index is 10.7. The molecule has 144 valence electrons. The molecule has 0 amide bonds. The molecule has 0 aromatic rings. The second kappa shape index (κ2) is 7.70. The van der Waals surface area contributed by atoms with Crippen molar-refractivity contribution < 1.29 is 14.9 Å². The second-order valence-electron chi connectivity index (χ2n) is 8.49. The van der Waals surface area contributed by atoms with Crippen LogP contribution in [-0.2, 0) is 4.74 Å². The molecule has 0 heterocycles. The molecule has 2 saturated carbocycles. The molecule has 0 bridgehead atoms. The monoisotopic (exact) mass is 415 g/mol.